The maximum Gasteiger partial charge on any atom is 0.265 e. The first-order chi connectivity index (χ1) is 14.1. The van der Waals surface area contributed by atoms with Crippen LogP contribution in [-0.2, 0) is 4.79 Å². The van der Waals surface area contributed by atoms with Crippen molar-refractivity contribution < 1.29 is 23.8 Å². The minimum atomic E-state index is -0.339. The molecule has 0 bridgehead atoms. The monoisotopic (exact) mass is 412 g/mol. The van der Waals surface area contributed by atoms with Gasteiger partial charge in [0.25, 0.3) is 11.8 Å². The van der Waals surface area contributed by atoms with Crippen molar-refractivity contribution in [3.05, 3.63) is 64.9 Å². The minimum Gasteiger partial charge on any atom is -0.496 e. The third-order valence-corrected chi connectivity index (χ3v) is 4.71. The van der Waals surface area contributed by atoms with Crippen LogP contribution in [0.15, 0.2) is 60.0 Å². The van der Waals surface area contributed by atoms with Gasteiger partial charge in [0.05, 0.1) is 19.1 Å². The summed E-state index contributed by atoms with van der Waals surface area (Å²) < 4.78 is 15.9. The lowest BCUT2D eigenvalue weighted by Gasteiger charge is -2.11. The summed E-state index contributed by atoms with van der Waals surface area (Å²) in [7, 11) is 3.07. The van der Waals surface area contributed by atoms with Crippen LogP contribution in [0, 0.1) is 0 Å². The maximum atomic E-state index is 12.2. The number of anilines is 2. The summed E-state index contributed by atoms with van der Waals surface area (Å²) in [4.78, 5) is 25.0. The molecular weight excluding hydrogens is 392 g/mol. The van der Waals surface area contributed by atoms with Crippen molar-refractivity contribution in [3.8, 4) is 17.2 Å². The Morgan fingerprint density at radius 2 is 1.52 bits per heavy atom. The lowest BCUT2D eigenvalue weighted by molar-refractivity contribution is -0.118. The first kappa shape index (κ1) is 20.2. The Kier molecular flexibility index (Phi) is 6.70. The Morgan fingerprint density at radius 3 is 2.14 bits per heavy atom. The fraction of sp³-hybridized carbons (Fsp3) is 0.143. The standard InChI is InChI=1S/C21H20N2O5S/c1-26-16-10-17(27-2)12-18(11-16)28-13-20(24)22-14-5-3-6-15(9-14)23-21(25)19-7-4-8-29-19/h3-12H,13H2,1-2H3,(H,22,24)(H,23,25). The molecule has 0 saturated carbocycles. The molecule has 0 aliphatic heterocycles. The lowest BCUT2D eigenvalue weighted by Crippen LogP contribution is -2.20. The largest absolute Gasteiger partial charge is 0.496 e. The fourth-order valence-corrected chi connectivity index (χ4v) is 3.10. The normalized spacial score (nSPS) is 10.1. The number of carbonyl (C=O) groups is 2. The SMILES string of the molecule is COc1cc(OC)cc(OCC(=O)Nc2cccc(NC(=O)c3cccs3)c2)c1. The van der Waals surface area contributed by atoms with E-state index in [1.807, 2.05) is 11.4 Å². The number of thiophene rings is 1. The number of amides is 2. The number of hydrogen-bond donors (Lipinski definition) is 2. The van der Waals surface area contributed by atoms with Gasteiger partial charge in [-0.15, -0.1) is 11.3 Å². The van der Waals surface area contributed by atoms with Gasteiger partial charge in [0.15, 0.2) is 6.61 Å². The summed E-state index contributed by atoms with van der Waals surface area (Å²) in [6, 6.07) is 15.5. The van der Waals surface area contributed by atoms with Gasteiger partial charge in [-0.05, 0) is 29.6 Å². The summed E-state index contributed by atoms with van der Waals surface area (Å²) in [6.07, 6.45) is 0. The topological polar surface area (TPSA) is 85.9 Å². The Labute approximate surface area is 172 Å². The third-order valence-electron chi connectivity index (χ3n) is 3.84. The van der Waals surface area contributed by atoms with E-state index in [1.165, 1.54) is 25.6 Å². The van der Waals surface area contributed by atoms with Crippen molar-refractivity contribution in [2.75, 3.05) is 31.5 Å². The molecule has 3 rings (SSSR count). The molecule has 2 N–H and O–H groups in total. The highest BCUT2D eigenvalue weighted by Gasteiger charge is 2.09. The molecule has 0 aliphatic rings. The van der Waals surface area contributed by atoms with Gasteiger partial charge in [0.1, 0.15) is 17.2 Å². The smallest absolute Gasteiger partial charge is 0.265 e. The number of benzene rings is 2. The number of carbonyl (C=O) groups excluding carboxylic acids is 2. The van der Waals surface area contributed by atoms with Crippen LogP contribution in [0.4, 0.5) is 11.4 Å². The van der Waals surface area contributed by atoms with Gasteiger partial charge >= 0.3 is 0 Å². The van der Waals surface area contributed by atoms with Crippen LogP contribution in [0.3, 0.4) is 0 Å². The van der Waals surface area contributed by atoms with E-state index in [2.05, 4.69) is 10.6 Å². The molecule has 0 spiro atoms. The van der Waals surface area contributed by atoms with Crippen LogP contribution < -0.4 is 24.8 Å². The number of hydrogen-bond acceptors (Lipinski definition) is 6. The third kappa shape index (κ3) is 5.73. The molecule has 0 saturated heterocycles. The van der Waals surface area contributed by atoms with Crippen LogP contribution in [0.25, 0.3) is 0 Å². The fourth-order valence-electron chi connectivity index (χ4n) is 2.49. The average Bonchev–Trinajstić information content (AvgIpc) is 3.27. The first-order valence-electron chi connectivity index (χ1n) is 8.68. The van der Waals surface area contributed by atoms with Gasteiger partial charge < -0.3 is 24.8 Å². The zero-order chi connectivity index (χ0) is 20.6. The van der Waals surface area contributed by atoms with E-state index in [9.17, 15) is 9.59 Å². The van der Waals surface area contributed by atoms with Crippen LogP contribution in [0.5, 0.6) is 17.2 Å². The predicted molar refractivity (Wildman–Crippen MR) is 112 cm³/mol. The second-order valence-corrected chi connectivity index (χ2v) is 6.85. The van der Waals surface area contributed by atoms with E-state index < -0.39 is 0 Å². The van der Waals surface area contributed by atoms with Gasteiger partial charge in [0.2, 0.25) is 0 Å². The van der Waals surface area contributed by atoms with Gasteiger partial charge in [-0.3, -0.25) is 9.59 Å². The summed E-state index contributed by atoms with van der Waals surface area (Å²) in [6.45, 7) is -0.192. The predicted octanol–water partition coefficient (Wildman–Crippen LogP) is 4.04. The molecule has 0 aliphatic carbocycles. The Hall–Kier alpha value is -3.52. The molecule has 0 unspecified atom stereocenters. The van der Waals surface area contributed by atoms with E-state index in [-0.39, 0.29) is 18.4 Å². The molecule has 0 fully saturated rings. The number of nitrogens with one attached hydrogen (secondary N) is 2. The zero-order valence-electron chi connectivity index (χ0n) is 15.9. The molecule has 2 aromatic carbocycles. The lowest BCUT2D eigenvalue weighted by atomic mass is 10.2. The number of ether oxygens (including phenoxy) is 3. The van der Waals surface area contributed by atoms with Crippen molar-refractivity contribution in [3.63, 3.8) is 0 Å². The molecule has 1 aromatic heterocycles. The molecular formula is C21H20N2O5S. The van der Waals surface area contributed by atoms with Crippen LogP contribution in [0.2, 0.25) is 0 Å². The zero-order valence-corrected chi connectivity index (χ0v) is 16.7. The van der Waals surface area contributed by atoms with Gasteiger partial charge in [0, 0.05) is 29.6 Å². The van der Waals surface area contributed by atoms with Gasteiger partial charge in [-0.25, -0.2) is 0 Å². The highest BCUT2D eigenvalue weighted by molar-refractivity contribution is 7.12. The van der Waals surface area contributed by atoms with Crippen LogP contribution in [0.1, 0.15) is 9.67 Å². The molecule has 1 heterocycles. The average molecular weight is 412 g/mol. The Balaban J connectivity index is 1.57. The molecule has 7 nitrogen and oxygen atoms in total. The summed E-state index contributed by atoms with van der Waals surface area (Å²) in [5, 5.41) is 7.38. The molecule has 0 radical (unpaired) electrons. The Morgan fingerprint density at radius 1 is 0.862 bits per heavy atom. The number of methoxy groups -OCH3 is 2. The van der Waals surface area contributed by atoms with Crippen molar-refractivity contribution in [2.24, 2.45) is 0 Å². The van der Waals surface area contributed by atoms with Crippen LogP contribution >= 0.6 is 11.3 Å². The van der Waals surface area contributed by atoms with Crippen molar-refractivity contribution >= 4 is 34.5 Å². The maximum absolute atomic E-state index is 12.2. The summed E-state index contributed by atoms with van der Waals surface area (Å²) in [5.41, 5.74) is 1.13. The van der Waals surface area contributed by atoms with Crippen molar-refractivity contribution in [2.45, 2.75) is 0 Å². The molecule has 8 heteroatoms. The summed E-state index contributed by atoms with van der Waals surface area (Å²) >= 11 is 1.36. The van der Waals surface area contributed by atoms with Crippen molar-refractivity contribution in [1.29, 1.82) is 0 Å². The van der Waals surface area contributed by atoms with E-state index in [0.29, 0.717) is 33.5 Å². The molecule has 29 heavy (non-hydrogen) atoms. The second-order valence-electron chi connectivity index (χ2n) is 5.90. The summed E-state index contributed by atoms with van der Waals surface area (Å²) in [5.74, 6) is 1.04. The quantitative estimate of drug-likeness (QED) is 0.583. The van der Waals surface area contributed by atoms with Gasteiger partial charge in [-0.2, -0.15) is 0 Å². The van der Waals surface area contributed by atoms with E-state index >= 15 is 0 Å². The van der Waals surface area contributed by atoms with E-state index in [4.69, 9.17) is 14.2 Å². The Bertz CT molecular complexity index is 966. The van der Waals surface area contributed by atoms with E-state index in [1.54, 1.807) is 48.5 Å². The van der Waals surface area contributed by atoms with Crippen LogP contribution in [-0.4, -0.2) is 32.6 Å². The molecule has 0 atom stereocenters. The molecule has 3 aromatic rings. The van der Waals surface area contributed by atoms with Gasteiger partial charge in [-0.1, -0.05) is 12.1 Å². The number of rotatable bonds is 8. The second kappa shape index (κ2) is 9.61. The molecule has 150 valence electrons. The highest BCUT2D eigenvalue weighted by atomic mass is 32.1. The minimum absolute atomic E-state index is 0.192. The molecule has 2 amide bonds. The van der Waals surface area contributed by atoms with Crippen molar-refractivity contribution in [1.82, 2.24) is 0 Å². The first-order valence-corrected chi connectivity index (χ1v) is 9.56. The highest BCUT2D eigenvalue weighted by Crippen LogP contribution is 2.27. The van der Waals surface area contributed by atoms with E-state index in [0.717, 1.165) is 0 Å².